The lowest BCUT2D eigenvalue weighted by Gasteiger charge is -2.31. The SMILES string of the molecule is CCn1c(CN2CCC[C@@H](C(=O)Nc3ccc(Br)cc3)C2)nc2ccccc21. The molecule has 5 nitrogen and oxygen atoms in total. The van der Waals surface area contributed by atoms with E-state index in [2.05, 4.69) is 55.8 Å². The maximum absolute atomic E-state index is 12.7. The van der Waals surface area contributed by atoms with Crippen LogP contribution in [0, 0.1) is 5.92 Å². The summed E-state index contributed by atoms with van der Waals surface area (Å²) in [6.45, 7) is 5.62. The quantitative estimate of drug-likeness (QED) is 0.626. The van der Waals surface area contributed by atoms with E-state index in [4.69, 9.17) is 4.98 Å². The number of hydrogen-bond acceptors (Lipinski definition) is 3. The molecule has 0 radical (unpaired) electrons. The topological polar surface area (TPSA) is 50.2 Å². The maximum Gasteiger partial charge on any atom is 0.228 e. The average molecular weight is 441 g/mol. The van der Waals surface area contributed by atoms with Crippen LogP contribution in [0.3, 0.4) is 0 Å². The Kier molecular flexibility index (Phi) is 5.78. The number of amides is 1. The van der Waals surface area contributed by atoms with Gasteiger partial charge >= 0.3 is 0 Å². The normalized spacial score (nSPS) is 17.7. The van der Waals surface area contributed by atoms with Crippen LogP contribution in [0.2, 0.25) is 0 Å². The second-order valence-electron chi connectivity index (χ2n) is 7.33. The van der Waals surface area contributed by atoms with Crippen molar-refractivity contribution in [1.29, 1.82) is 0 Å². The molecule has 1 atom stereocenters. The van der Waals surface area contributed by atoms with Crippen LogP contribution in [0.15, 0.2) is 53.0 Å². The van der Waals surface area contributed by atoms with Gasteiger partial charge in [-0.25, -0.2) is 4.98 Å². The van der Waals surface area contributed by atoms with Gasteiger partial charge in [-0.2, -0.15) is 0 Å². The second kappa shape index (κ2) is 8.45. The fraction of sp³-hybridized carbons (Fsp3) is 0.364. The zero-order chi connectivity index (χ0) is 19.5. The number of rotatable bonds is 5. The lowest BCUT2D eigenvalue weighted by molar-refractivity contribution is -0.121. The summed E-state index contributed by atoms with van der Waals surface area (Å²) in [7, 11) is 0. The zero-order valence-corrected chi connectivity index (χ0v) is 17.7. The van der Waals surface area contributed by atoms with Crippen molar-refractivity contribution in [3.63, 3.8) is 0 Å². The van der Waals surface area contributed by atoms with Gasteiger partial charge in [-0.1, -0.05) is 28.1 Å². The minimum atomic E-state index is 0.0110. The number of fused-ring (bicyclic) bond motifs is 1. The van der Waals surface area contributed by atoms with Crippen LogP contribution < -0.4 is 5.32 Å². The van der Waals surface area contributed by atoms with Crippen molar-refractivity contribution in [2.45, 2.75) is 32.9 Å². The van der Waals surface area contributed by atoms with Crippen LogP contribution in [-0.2, 0) is 17.9 Å². The van der Waals surface area contributed by atoms with Gasteiger partial charge in [-0.15, -0.1) is 0 Å². The lowest BCUT2D eigenvalue weighted by Crippen LogP contribution is -2.40. The van der Waals surface area contributed by atoms with E-state index in [1.54, 1.807) is 0 Å². The predicted octanol–water partition coefficient (Wildman–Crippen LogP) is 4.67. The number of nitrogens with zero attached hydrogens (tertiary/aromatic N) is 3. The molecule has 1 fully saturated rings. The predicted molar refractivity (Wildman–Crippen MR) is 116 cm³/mol. The van der Waals surface area contributed by atoms with Crippen molar-refractivity contribution in [2.24, 2.45) is 5.92 Å². The van der Waals surface area contributed by atoms with Crippen molar-refractivity contribution in [1.82, 2.24) is 14.5 Å². The third kappa shape index (κ3) is 4.13. The highest BCUT2D eigenvalue weighted by Crippen LogP contribution is 2.23. The first-order valence-corrected chi connectivity index (χ1v) is 10.7. The van der Waals surface area contributed by atoms with E-state index in [-0.39, 0.29) is 11.8 Å². The van der Waals surface area contributed by atoms with Crippen LogP contribution in [0.4, 0.5) is 5.69 Å². The fourth-order valence-corrected chi connectivity index (χ4v) is 4.25. The van der Waals surface area contributed by atoms with E-state index >= 15 is 0 Å². The molecule has 1 aromatic heterocycles. The first-order valence-electron chi connectivity index (χ1n) is 9.87. The molecule has 4 rings (SSSR count). The summed E-state index contributed by atoms with van der Waals surface area (Å²) in [5, 5.41) is 3.06. The lowest BCUT2D eigenvalue weighted by atomic mass is 9.97. The Bertz CT molecular complexity index is 966. The van der Waals surface area contributed by atoms with E-state index in [0.717, 1.165) is 60.5 Å². The summed E-state index contributed by atoms with van der Waals surface area (Å²) in [4.78, 5) is 19.9. The molecule has 6 heteroatoms. The summed E-state index contributed by atoms with van der Waals surface area (Å²) in [6.07, 6.45) is 1.97. The van der Waals surface area contributed by atoms with Crippen molar-refractivity contribution in [3.05, 3.63) is 58.8 Å². The number of carbonyl (C=O) groups is 1. The third-order valence-electron chi connectivity index (χ3n) is 5.40. The zero-order valence-electron chi connectivity index (χ0n) is 16.1. The van der Waals surface area contributed by atoms with Crippen molar-refractivity contribution >= 4 is 38.6 Å². The summed E-state index contributed by atoms with van der Waals surface area (Å²) < 4.78 is 3.29. The van der Waals surface area contributed by atoms with Crippen LogP contribution in [-0.4, -0.2) is 33.4 Å². The molecular weight excluding hydrogens is 416 g/mol. The monoisotopic (exact) mass is 440 g/mol. The van der Waals surface area contributed by atoms with E-state index in [0.29, 0.717) is 0 Å². The largest absolute Gasteiger partial charge is 0.327 e. The number of anilines is 1. The third-order valence-corrected chi connectivity index (χ3v) is 5.93. The van der Waals surface area contributed by atoms with Crippen LogP contribution in [0.25, 0.3) is 11.0 Å². The molecule has 28 heavy (non-hydrogen) atoms. The van der Waals surface area contributed by atoms with Gasteiger partial charge in [0.15, 0.2) is 0 Å². The number of para-hydroxylation sites is 2. The molecule has 1 aliphatic rings. The molecule has 1 N–H and O–H groups in total. The molecule has 146 valence electrons. The van der Waals surface area contributed by atoms with E-state index in [1.807, 2.05) is 30.3 Å². The number of aromatic nitrogens is 2. The van der Waals surface area contributed by atoms with Crippen molar-refractivity contribution < 1.29 is 4.79 Å². The van der Waals surface area contributed by atoms with Gasteiger partial charge in [-0.05, 0) is 62.7 Å². The molecule has 3 aromatic rings. The standard InChI is InChI=1S/C22H25BrN4O/c1-2-27-20-8-4-3-7-19(20)25-21(27)15-26-13-5-6-16(14-26)22(28)24-18-11-9-17(23)10-12-18/h3-4,7-12,16H,2,5-6,13-15H2,1H3,(H,24,28)/t16-/m1/s1. The Hall–Kier alpha value is -2.18. The first kappa shape index (κ1) is 19.2. The number of halogens is 1. The van der Waals surface area contributed by atoms with Gasteiger partial charge in [0, 0.05) is 23.2 Å². The van der Waals surface area contributed by atoms with Gasteiger partial charge in [0.1, 0.15) is 5.82 Å². The Morgan fingerprint density at radius 2 is 2.00 bits per heavy atom. The molecule has 0 spiro atoms. The van der Waals surface area contributed by atoms with Gasteiger partial charge in [0.05, 0.1) is 23.5 Å². The number of piperidine rings is 1. The number of benzene rings is 2. The van der Waals surface area contributed by atoms with Gasteiger partial charge in [-0.3, -0.25) is 9.69 Å². The molecule has 0 saturated carbocycles. The molecular formula is C22H25BrN4O. The Balaban J connectivity index is 1.44. The van der Waals surface area contributed by atoms with Gasteiger partial charge in [0.25, 0.3) is 0 Å². The molecule has 2 aromatic carbocycles. The summed E-state index contributed by atoms with van der Waals surface area (Å²) in [5.41, 5.74) is 3.07. The van der Waals surface area contributed by atoms with Gasteiger partial charge < -0.3 is 9.88 Å². The molecule has 2 heterocycles. The highest BCUT2D eigenvalue weighted by atomic mass is 79.9. The molecule has 1 amide bonds. The number of carbonyl (C=O) groups excluding carboxylic acids is 1. The number of aryl methyl sites for hydroxylation is 1. The van der Waals surface area contributed by atoms with Crippen molar-refractivity contribution in [2.75, 3.05) is 18.4 Å². The summed E-state index contributed by atoms with van der Waals surface area (Å²) in [6, 6.07) is 16.0. The highest BCUT2D eigenvalue weighted by molar-refractivity contribution is 9.10. The molecule has 0 bridgehead atoms. The van der Waals surface area contributed by atoms with Crippen molar-refractivity contribution in [3.8, 4) is 0 Å². The highest BCUT2D eigenvalue weighted by Gasteiger charge is 2.27. The number of likely N-dealkylation sites (tertiary alicyclic amines) is 1. The number of nitrogens with one attached hydrogen (secondary N) is 1. The molecule has 0 aliphatic carbocycles. The Morgan fingerprint density at radius 3 is 2.79 bits per heavy atom. The fourth-order valence-electron chi connectivity index (χ4n) is 3.99. The van der Waals surface area contributed by atoms with E-state index < -0.39 is 0 Å². The first-order chi connectivity index (χ1) is 13.6. The number of imidazole rings is 1. The minimum Gasteiger partial charge on any atom is -0.327 e. The average Bonchev–Trinajstić information content (AvgIpc) is 3.06. The minimum absolute atomic E-state index is 0.0110. The van der Waals surface area contributed by atoms with Crippen LogP contribution >= 0.6 is 15.9 Å². The summed E-state index contributed by atoms with van der Waals surface area (Å²) >= 11 is 3.42. The number of hydrogen-bond donors (Lipinski definition) is 1. The smallest absolute Gasteiger partial charge is 0.228 e. The van der Waals surface area contributed by atoms with Crippen LogP contribution in [0.1, 0.15) is 25.6 Å². The Labute approximate surface area is 173 Å². The van der Waals surface area contributed by atoms with E-state index in [9.17, 15) is 4.79 Å². The Morgan fingerprint density at radius 1 is 1.21 bits per heavy atom. The summed E-state index contributed by atoms with van der Waals surface area (Å²) in [5.74, 6) is 1.20. The van der Waals surface area contributed by atoms with Gasteiger partial charge in [0.2, 0.25) is 5.91 Å². The molecule has 1 saturated heterocycles. The maximum atomic E-state index is 12.7. The van der Waals surface area contributed by atoms with E-state index in [1.165, 1.54) is 5.52 Å². The molecule has 0 unspecified atom stereocenters. The second-order valence-corrected chi connectivity index (χ2v) is 8.25. The molecule has 1 aliphatic heterocycles. The van der Waals surface area contributed by atoms with Crippen LogP contribution in [0.5, 0.6) is 0 Å².